The molecule has 0 fully saturated rings. The summed E-state index contributed by atoms with van der Waals surface area (Å²) >= 11 is 0. The van der Waals surface area contributed by atoms with Crippen LogP contribution in [0.2, 0.25) is 0 Å². The van der Waals surface area contributed by atoms with E-state index in [1.807, 2.05) is 13.0 Å². The highest BCUT2D eigenvalue weighted by Crippen LogP contribution is 2.25. The Morgan fingerprint density at radius 2 is 1.58 bits per heavy atom. The molecule has 2 aromatic carbocycles. The lowest BCUT2D eigenvalue weighted by Gasteiger charge is -2.22. The SMILES string of the molecule is Cc1cccc(C(=O)C(O)(O)c2ccccc2)c1C. The smallest absolute Gasteiger partial charge is 0.256 e. The van der Waals surface area contributed by atoms with Crippen LogP contribution in [0.5, 0.6) is 0 Å². The van der Waals surface area contributed by atoms with Gasteiger partial charge in [-0.3, -0.25) is 4.79 Å². The zero-order valence-electron chi connectivity index (χ0n) is 10.9. The van der Waals surface area contributed by atoms with Crippen molar-refractivity contribution in [2.24, 2.45) is 0 Å². The van der Waals surface area contributed by atoms with Gasteiger partial charge >= 0.3 is 0 Å². The third kappa shape index (κ3) is 2.43. The van der Waals surface area contributed by atoms with Gasteiger partial charge in [-0.05, 0) is 25.0 Å². The van der Waals surface area contributed by atoms with E-state index in [1.165, 1.54) is 12.1 Å². The first-order valence-electron chi connectivity index (χ1n) is 6.06. The first-order valence-corrected chi connectivity index (χ1v) is 6.06. The van der Waals surface area contributed by atoms with Crippen LogP contribution in [0, 0.1) is 13.8 Å². The van der Waals surface area contributed by atoms with E-state index >= 15 is 0 Å². The minimum Gasteiger partial charge on any atom is -0.356 e. The molecular weight excluding hydrogens is 240 g/mol. The molecule has 3 heteroatoms. The Labute approximate surface area is 112 Å². The highest BCUT2D eigenvalue weighted by atomic mass is 16.5. The quantitative estimate of drug-likeness (QED) is 0.654. The van der Waals surface area contributed by atoms with Gasteiger partial charge in [-0.1, -0.05) is 48.5 Å². The molecule has 0 aromatic heterocycles. The summed E-state index contributed by atoms with van der Waals surface area (Å²) in [6.45, 7) is 3.68. The molecule has 2 aromatic rings. The van der Waals surface area contributed by atoms with Crippen LogP contribution in [0.1, 0.15) is 27.0 Å². The average Bonchev–Trinajstić information content (AvgIpc) is 2.42. The molecule has 0 unspecified atom stereocenters. The van der Waals surface area contributed by atoms with Crippen LogP contribution in [0.25, 0.3) is 0 Å². The van der Waals surface area contributed by atoms with Gasteiger partial charge in [0.25, 0.3) is 5.79 Å². The van der Waals surface area contributed by atoms with Crippen LogP contribution in [-0.4, -0.2) is 16.0 Å². The van der Waals surface area contributed by atoms with Gasteiger partial charge < -0.3 is 10.2 Å². The molecule has 0 radical (unpaired) electrons. The summed E-state index contributed by atoms with van der Waals surface area (Å²) in [6, 6.07) is 13.3. The molecule has 0 aliphatic heterocycles. The molecular formula is C16H16O3. The minimum absolute atomic E-state index is 0.168. The molecule has 3 nitrogen and oxygen atoms in total. The Kier molecular flexibility index (Phi) is 3.51. The Balaban J connectivity index is 2.47. The second-order valence-corrected chi connectivity index (χ2v) is 4.61. The molecule has 0 saturated heterocycles. The van der Waals surface area contributed by atoms with Crippen molar-refractivity contribution in [2.45, 2.75) is 19.6 Å². The molecule has 0 aliphatic rings. The topological polar surface area (TPSA) is 57.5 Å². The van der Waals surface area contributed by atoms with Crippen LogP contribution in [-0.2, 0) is 5.79 Å². The number of benzene rings is 2. The number of Topliss-reactive ketones (excluding diaryl/α,β-unsaturated/α-hetero) is 1. The normalized spacial score (nSPS) is 11.4. The highest BCUT2D eigenvalue weighted by Gasteiger charge is 2.36. The standard InChI is InChI=1S/C16H16O3/c1-11-7-6-10-14(12(11)2)15(17)16(18,19)13-8-4-3-5-9-13/h3-10,18-19H,1-2H3. The number of hydrogen-bond donors (Lipinski definition) is 2. The van der Waals surface area contributed by atoms with E-state index in [0.29, 0.717) is 5.56 Å². The number of carbonyl (C=O) groups excluding carboxylic acids is 1. The maximum atomic E-state index is 12.3. The van der Waals surface area contributed by atoms with E-state index in [1.54, 1.807) is 37.3 Å². The van der Waals surface area contributed by atoms with Crippen molar-refractivity contribution in [3.05, 3.63) is 70.8 Å². The van der Waals surface area contributed by atoms with Crippen molar-refractivity contribution in [2.75, 3.05) is 0 Å². The Hall–Kier alpha value is -1.97. The van der Waals surface area contributed by atoms with E-state index in [4.69, 9.17) is 0 Å². The molecule has 0 amide bonds. The van der Waals surface area contributed by atoms with Gasteiger partial charge in [-0.2, -0.15) is 0 Å². The zero-order chi connectivity index (χ0) is 14.0. The second-order valence-electron chi connectivity index (χ2n) is 4.61. The summed E-state index contributed by atoms with van der Waals surface area (Å²) in [6.07, 6.45) is 0. The molecule has 0 aliphatic carbocycles. The van der Waals surface area contributed by atoms with Gasteiger partial charge in [0, 0.05) is 11.1 Å². The maximum Gasteiger partial charge on any atom is 0.256 e. The summed E-state index contributed by atoms with van der Waals surface area (Å²) in [4.78, 5) is 12.3. The van der Waals surface area contributed by atoms with E-state index in [9.17, 15) is 15.0 Å². The van der Waals surface area contributed by atoms with Crippen molar-refractivity contribution >= 4 is 5.78 Å². The predicted octanol–water partition coefficient (Wildman–Crippen LogP) is 2.32. The van der Waals surface area contributed by atoms with Crippen LogP contribution in [0.4, 0.5) is 0 Å². The van der Waals surface area contributed by atoms with Crippen molar-refractivity contribution in [1.82, 2.24) is 0 Å². The molecule has 2 rings (SSSR count). The summed E-state index contributed by atoms with van der Waals surface area (Å²) < 4.78 is 0. The summed E-state index contributed by atoms with van der Waals surface area (Å²) in [7, 11) is 0. The van der Waals surface area contributed by atoms with Crippen LogP contribution >= 0.6 is 0 Å². The summed E-state index contributed by atoms with van der Waals surface area (Å²) in [5.74, 6) is -3.21. The lowest BCUT2D eigenvalue weighted by atomic mass is 9.92. The van der Waals surface area contributed by atoms with Crippen molar-refractivity contribution in [3.8, 4) is 0 Å². The number of aryl methyl sites for hydroxylation is 1. The van der Waals surface area contributed by atoms with Crippen molar-refractivity contribution < 1.29 is 15.0 Å². The Morgan fingerprint density at radius 3 is 2.21 bits per heavy atom. The third-order valence-corrected chi connectivity index (χ3v) is 3.34. The molecule has 0 spiro atoms. The van der Waals surface area contributed by atoms with Gasteiger partial charge in [-0.15, -0.1) is 0 Å². The first-order chi connectivity index (χ1) is 8.94. The maximum absolute atomic E-state index is 12.3. The Morgan fingerprint density at radius 1 is 0.947 bits per heavy atom. The van der Waals surface area contributed by atoms with E-state index in [0.717, 1.165) is 11.1 Å². The molecule has 0 bridgehead atoms. The third-order valence-electron chi connectivity index (χ3n) is 3.34. The van der Waals surface area contributed by atoms with Crippen LogP contribution < -0.4 is 0 Å². The van der Waals surface area contributed by atoms with E-state index in [-0.39, 0.29) is 5.56 Å². The summed E-state index contributed by atoms with van der Waals surface area (Å²) in [5.41, 5.74) is 2.19. The van der Waals surface area contributed by atoms with E-state index < -0.39 is 11.6 Å². The molecule has 0 heterocycles. The second kappa shape index (κ2) is 4.96. The molecule has 98 valence electrons. The van der Waals surface area contributed by atoms with Crippen LogP contribution in [0.3, 0.4) is 0 Å². The van der Waals surface area contributed by atoms with Gasteiger partial charge in [0.15, 0.2) is 0 Å². The number of rotatable bonds is 3. The first kappa shape index (κ1) is 13.5. The number of ketones is 1. The predicted molar refractivity (Wildman–Crippen MR) is 72.8 cm³/mol. The fourth-order valence-corrected chi connectivity index (χ4v) is 1.99. The molecule has 0 atom stereocenters. The fourth-order valence-electron chi connectivity index (χ4n) is 1.99. The van der Waals surface area contributed by atoms with Gasteiger partial charge in [0.05, 0.1) is 0 Å². The molecule has 0 saturated carbocycles. The highest BCUT2D eigenvalue weighted by molar-refractivity contribution is 6.02. The molecule has 19 heavy (non-hydrogen) atoms. The average molecular weight is 256 g/mol. The van der Waals surface area contributed by atoms with E-state index in [2.05, 4.69) is 0 Å². The van der Waals surface area contributed by atoms with Gasteiger partial charge in [0.2, 0.25) is 5.78 Å². The fraction of sp³-hybridized carbons (Fsp3) is 0.188. The van der Waals surface area contributed by atoms with Gasteiger partial charge in [0.1, 0.15) is 0 Å². The number of carbonyl (C=O) groups is 1. The number of hydrogen-bond acceptors (Lipinski definition) is 3. The van der Waals surface area contributed by atoms with Crippen molar-refractivity contribution in [1.29, 1.82) is 0 Å². The Bertz CT molecular complexity index is 601. The van der Waals surface area contributed by atoms with Crippen molar-refractivity contribution in [3.63, 3.8) is 0 Å². The monoisotopic (exact) mass is 256 g/mol. The lowest BCUT2D eigenvalue weighted by Crippen LogP contribution is -2.35. The minimum atomic E-state index is -2.50. The number of aliphatic hydroxyl groups is 2. The summed E-state index contributed by atoms with van der Waals surface area (Å²) in [5, 5.41) is 20.3. The zero-order valence-corrected chi connectivity index (χ0v) is 10.9. The largest absolute Gasteiger partial charge is 0.356 e. The van der Waals surface area contributed by atoms with Crippen LogP contribution in [0.15, 0.2) is 48.5 Å². The molecule has 2 N–H and O–H groups in total. The lowest BCUT2D eigenvalue weighted by molar-refractivity contribution is -0.128. The van der Waals surface area contributed by atoms with Gasteiger partial charge in [-0.25, -0.2) is 0 Å².